The van der Waals surface area contributed by atoms with Crippen molar-refractivity contribution in [1.82, 2.24) is 4.90 Å². The molecule has 5 heteroatoms. The first kappa shape index (κ1) is 14.6. The second kappa shape index (κ2) is 6.59. The number of benzene rings is 1. The minimum absolute atomic E-state index is 0.0718. The predicted molar refractivity (Wildman–Crippen MR) is 77.8 cm³/mol. The van der Waals surface area contributed by atoms with Crippen LogP contribution in [0, 0.1) is 0 Å². The Bertz CT molecular complexity index is 594. The van der Waals surface area contributed by atoms with Gasteiger partial charge in [0.15, 0.2) is 5.76 Å². The molecular weight excluding hydrogens is 278 g/mol. The highest BCUT2D eigenvalue weighted by Crippen LogP contribution is 2.29. The van der Waals surface area contributed by atoms with Crippen molar-refractivity contribution in [3.05, 3.63) is 47.2 Å². The number of likely N-dealkylation sites (N-methyl/N-ethyl adjacent to an activating group) is 1. The average molecular weight is 294 g/mol. The molecule has 2 aromatic rings. The molecule has 1 amide bonds. The Morgan fingerprint density at radius 2 is 2.05 bits per heavy atom. The minimum Gasteiger partial charge on any atom is -0.451 e. The third-order valence-electron chi connectivity index (χ3n) is 2.99. The van der Waals surface area contributed by atoms with Gasteiger partial charge >= 0.3 is 0 Å². The summed E-state index contributed by atoms with van der Waals surface area (Å²) in [5, 5.41) is 9.51. The van der Waals surface area contributed by atoms with Crippen molar-refractivity contribution in [2.75, 3.05) is 19.7 Å². The van der Waals surface area contributed by atoms with Gasteiger partial charge in [-0.3, -0.25) is 4.79 Å². The number of aliphatic hydroxyl groups is 1. The van der Waals surface area contributed by atoms with E-state index in [1.807, 2.05) is 25.1 Å². The number of rotatable bonds is 5. The number of halogens is 1. The van der Waals surface area contributed by atoms with Crippen LogP contribution in [0.4, 0.5) is 0 Å². The lowest BCUT2D eigenvalue weighted by atomic mass is 10.2. The first-order valence-corrected chi connectivity index (χ1v) is 6.80. The highest BCUT2D eigenvalue weighted by atomic mass is 35.5. The number of hydrogen-bond acceptors (Lipinski definition) is 3. The Labute approximate surface area is 122 Å². The van der Waals surface area contributed by atoms with Crippen LogP contribution in [0.25, 0.3) is 11.3 Å². The zero-order chi connectivity index (χ0) is 14.5. The van der Waals surface area contributed by atoms with E-state index in [1.54, 1.807) is 18.2 Å². The Balaban J connectivity index is 2.25. The maximum absolute atomic E-state index is 12.2. The second-order valence-corrected chi connectivity index (χ2v) is 4.66. The molecule has 0 fully saturated rings. The monoisotopic (exact) mass is 293 g/mol. The fourth-order valence-corrected chi connectivity index (χ4v) is 2.17. The van der Waals surface area contributed by atoms with Gasteiger partial charge in [0.2, 0.25) is 0 Å². The molecule has 20 heavy (non-hydrogen) atoms. The number of carbonyl (C=O) groups is 1. The lowest BCUT2D eigenvalue weighted by molar-refractivity contribution is 0.0701. The molecule has 0 bridgehead atoms. The van der Waals surface area contributed by atoms with E-state index < -0.39 is 0 Å². The van der Waals surface area contributed by atoms with Crippen molar-refractivity contribution in [3.63, 3.8) is 0 Å². The molecule has 0 saturated carbocycles. The smallest absolute Gasteiger partial charge is 0.289 e. The number of nitrogens with zero attached hydrogens (tertiary/aromatic N) is 1. The molecule has 0 aliphatic heterocycles. The predicted octanol–water partition coefficient (Wildman–Crippen LogP) is 3.05. The summed E-state index contributed by atoms with van der Waals surface area (Å²) in [5.74, 6) is 0.564. The van der Waals surface area contributed by atoms with Gasteiger partial charge in [0.25, 0.3) is 5.91 Å². The van der Waals surface area contributed by atoms with Crippen LogP contribution >= 0.6 is 11.6 Å². The Hall–Kier alpha value is -1.78. The first-order chi connectivity index (χ1) is 9.67. The van der Waals surface area contributed by atoms with Crippen molar-refractivity contribution in [3.8, 4) is 11.3 Å². The fraction of sp³-hybridized carbons (Fsp3) is 0.267. The van der Waals surface area contributed by atoms with Gasteiger partial charge in [0.1, 0.15) is 5.76 Å². The molecule has 1 N–H and O–H groups in total. The summed E-state index contributed by atoms with van der Waals surface area (Å²) in [4.78, 5) is 13.7. The lowest BCUT2D eigenvalue weighted by Crippen LogP contribution is -2.33. The van der Waals surface area contributed by atoms with Crippen molar-refractivity contribution in [1.29, 1.82) is 0 Å². The van der Waals surface area contributed by atoms with Gasteiger partial charge in [-0.05, 0) is 31.2 Å². The molecule has 0 saturated heterocycles. The minimum atomic E-state index is -0.236. The molecule has 2 rings (SSSR count). The van der Waals surface area contributed by atoms with Crippen molar-refractivity contribution < 1.29 is 14.3 Å². The van der Waals surface area contributed by atoms with E-state index >= 15 is 0 Å². The topological polar surface area (TPSA) is 53.7 Å². The molecule has 1 aromatic carbocycles. The molecule has 106 valence electrons. The number of amides is 1. The number of aliphatic hydroxyl groups excluding tert-OH is 1. The molecule has 0 unspecified atom stereocenters. The Morgan fingerprint density at radius 3 is 2.70 bits per heavy atom. The fourth-order valence-electron chi connectivity index (χ4n) is 1.94. The van der Waals surface area contributed by atoms with E-state index in [0.29, 0.717) is 17.3 Å². The van der Waals surface area contributed by atoms with Crippen LogP contribution in [0.2, 0.25) is 5.02 Å². The van der Waals surface area contributed by atoms with Crippen molar-refractivity contribution >= 4 is 17.5 Å². The van der Waals surface area contributed by atoms with E-state index in [1.165, 1.54) is 4.90 Å². The second-order valence-electron chi connectivity index (χ2n) is 4.25. The lowest BCUT2D eigenvalue weighted by Gasteiger charge is -2.17. The maximum atomic E-state index is 12.2. The quantitative estimate of drug-likeness (QED) is 0.922. The van der Waals surface area contributed by atoms with Gasteiger partial charge in [-0.1, -0.05) is 23.7 Å². The summed E-state index contributed by atoms with van der Waals surface area (Å²) in [7, 11) is 0. The van der Waals surface area contributed by atoms with Crippen LogP contribution in [0.1, 0.15) is 17.5 Å². The summed E-state index contributed by atoms with van der Waals surface area (Å²) in [5.41, 5.74) is 0.749. The number of hydrogen-bond donors (Lipinski definition) is 1. The van der Waals surface area contributed by atoms with Gasteiger partial charge in [-0.25, -0.2) is 0 Å². The largest absolute Gasteiger partial charge is 0.451 e. The molecule has 0 atom stereocenters. The summed E-state index contributed by atoms with van der Waals surface area (Å²) < 4.78 is 5.58. The van der Waals surface area contributed by atoms with E-state index in [0.717, 1.165) is 5.56 Å². The Morgan fingerprint density at radius 1 is 1.30 bits per heavy atom. The van der Waals surface area contributed by atoms with Gasteiger partial charge < -0.3 is 14.4 Å². The maximum Gasteiger partial charge on any atom is 0.289 e. The van der Waals surface area contributed by atoms with E-state index in [-0.39, 0.29) is 24.8 Å². The molecule has 1 heterocycles. The highest BCUT2D eigenvalue weighted by Gasteiger charge is 2.18. The molecule has 0 aliphatic rings. The molecule has 4 nitrogen and oxygen atoms in total. The average Bonchev–Trinajstić information content (AvgIpc) is 2.94. The van der Waals surface area contributed by atoms with Gasteiger partial charge in [-0.2, -0.15) is 0 Å². The van der Waals surface area contributed by atoms with Crippen LogP contribution < -0.4 is 0 Å². The van der Waals surface area contributed by atoms with Crippen molar-refractivity contribution in [2.24, 2.45) is 0 Å². The number of furan rings is 1. The van der Waals surface area contributed by atoms with Gasteiger partial charge in [-0.15, -0.1) is 0 Å². The third kappa shape index (κ3) is 3.03. The summed E-state index contributed by atoms with van der Waals surface area (Å²) in [6.45, 7) is 2.59. The van der Waals surface area contributed by atoms with E-state index in [9.17, 15) is 4.79 Å². The van der Waals surface area contributed by atoms with Crippen LogP contribution in [0.5, 0.6) is 0 Å². The normalized spacial score (nSPS) is 10.6. The summed E-state index contributed by atoms with van der Waals surface area (Å²) in [6, 6.07) is 10.6. The summed E-state index contributed by atoms with van der Waals surface area (Å²) in [6.07, 6.45) is 0. The highest BCUT2D eigenvalue weighted by molar-refractivity contribution is 6.33. The van der Waals surface area contributed by atoms with E-state index in [4.69, 9.17) is 21.1 Å². The van der Waals surface area contributed by atoms with Crippen LogP contribution in [0.3, 0.4) is 0 Å². The SMILES string of the molecule is CCN(CCO)C(=O)c1ccc(-c2ccccc2Cl)o1. The number of carbonyl (C=O) groups excluding carboxylic acids is 1. The summed E-state index contributed by atoms with van der Waals surface area (Å²) >= 11 is 6.10. The van der Waals surface area contributed by atoms with Gasteiger partial charge in [0, 0.05) is 18.7 Å². The van der Waals surface area contributed by atoms with Gasteiger partial charge in [0.05, 0.1) is 11.6 Å². The van der Waals surface area contributed by atoms with Crippen LogP contribution in [-0.2, 0) is 0 Å². The molecular formula is C15H16ClNO3. The zero-order valence-electron chi connectivity index (χ0n) is 11.2. The van der Waals surface area contributed by atoms with Crippen LogP contribution in [-0.4, -0.2) is 35.6 Å². The Kier molecular flexibility index (Phi) is 4.82. The molecule has 0 spiro atoms. The standard InChI is InChI=1S/C15H16ClNO3/c1-2-17(9-10-18)15(19)14-8-7-13(20-14)11-5-3-4-6-12(11)16/h3-8,18H,2,9-10H2,1H3. The third-order valence-corrected chi connectivity index (χ3v) is 3.32. The van der Waals surface area contributed by atoms with Crippen molar-refractivity contribution in [2.45, 2.75) is 6.92 Å². The molecule has 1 aromatic heterocycles. The van der Waals surface area contributed by atoms with E-state index in [2.05, 4.69) is 0 Å². The first-order valence-electron chi connectivity index (χ1n) is 6.42. The zero-order valence-corrected chi connectivity index (χ0v) is 11.9. The molecule has 0 aliphatic carbocycles. The molecule has 0 radical (unpaired) electrons. The van der Waals surface area contributed by atoms with Crippen LogP contribution in [0.15, 0.2) is 40.8 Å².